The van der Waals surface area contributed by atoms with Gasteiger partial charge in [-0.05, 0) is 60.7 Å². The van der Waals surface area contributed by atoms with E-state index in [-0.39, 0.29) is 17.1 Å². The molecule has 2 aromatic heterocycles. The molecule has 0 aliphatic heterocycles. The van der Waals surface area contributed by atoms with Crippen LogP contribution in [0.1, 0.15) is 16.7 Å². The van der Waals surface area contributed by atoms with E-state index in [4.69, 9.17) is 11.6 Å². The molecule has 0 radical (unpaired) electrons. The molecule has 0 saturated heterocycles. The normalized spacial score (nSPS) is 11.3. The van der Waals surface area contributed by atoms with Gasteiger partial charge >= 0.3 is 0 Å². The smallest absolute Gasteiger partial charge is 0.267 e. The minimum atomic E-state index is -0.364. The second kappa shape index (κ2) is 7.70. The van der Waals surface area contributed by atoms with Gasteiger partial charge in [0.05, 0.1) is 11.2 Å². The number of nitrogens with zero attached hydrogens (tertiary/aromatic N) is 2. The van der Waals surface area contributed by atoms with Crippen molar-refractivity contribution in [2.75, 3.05) is 0 Å². The molecule has 0 N–H and O–H groups in total. The Kier molecular flexibility index (Phi) is 5.27. The van der Waals surface area contributed by atoms with Crippen molar-refractivity contribution in [2.45, 2.75) is 24.8 Å². The first-order valence-corrected chi connectivity index (χ1v) is 10.8. The second-order valence-corrected chi connectivity index (χ2v) is 8.69. The van der Waals surface area contributed by atoms with Crippen LogP contribution in [0.3, 0.4) is 0 Å². The molecule has 0 atom stereocenters. The Morgan fingerprint density at radius 3 is 2.75 bits per heavy atom. The lowest BCUT2D eigenvalue weighted by atomic mass is 10.1. The number of thioether (sulfide) groups is 1. The van der Waals surface area contributed by atoms with Crippen LogP contribution in [-0.4, -0.2) is 9.55 Å². The van der Waals surface area contributed by atoms with Crippen molar-refractivity contribution in [3.05, 3.63) is 85.7 Å². The highest BCUT2D eigenvalue weighted by Crippen LogP contribution is 2.30. The molecule has 0 aliphatic carbocycles. The average molecular weight is 431 g/mol. The van der Waals surface area contributed by atoms with Crippen molar-refractivity contribution >= 4 is 44.9 Å². The van der Waals surface area contributed by atoms with Crippen molar-refractivity contribution in [1.82, 2.24) is 9.55 Å². The highest BCUT2D eigenvalue weighted by molar-refractivity contribution is 7.98. The zero-order chi connectivity index (χ0) is 19.8. The third-order valence-electron chi connectivity index (χ3n) is 4.61. The van der Waals surface area contributed by atoms with Crippen LogP contribution in [0.25, 0.3) is 15.9 Å². The number of benzene rings is 2. The fourth-order valence-electron chi connectivity index (χ4n) is 2.89. The van der Waals surface area contributed by atoms with E-state index in [1.807, 2.05) is 43.5 Å². The molecule has 2 aromatic carbocycles. The number of halogens is 2. The topological polar surface area (TPSA) is 34.9 Å². The average Bonchev–Trinajstić information content (AvgIpc) is 3.13. The maximum absolute atomic E-state index is 14.2. The van der Waals surface area contributed by atoms with Crippen LogP contribution in [0.5, 0.6) is 0 Å². The summed E-state index contributed by atoms with van der Waals surface area (Å²) >= 11 is 8.83. The molecule has 0 aliphatic rings. The number of aromatic nitrogens is 2. The van der Waals surface area contributed by atoms with Gasteiger partial charge in [0, 0.05) is 16.3 Å². The summed E-state index contributed by atoms with van der Waals surface area (Å²) in [7, 11) is 0. The van der Waals surface area contributed by atoms with Crippen LogP contribution in [0.2, 0.25) is 5.02 Å². The van der Waals surface area contributed by atoms with Crippen LogP contribution in [-0.2, 0) is 5.75 Å². The molecule has 7 heteroatoms. The lowest BCUT2D eigenvalue weighted by Gasteiger charge is -2.14. The van der Waals surface area contributed by atoms with Crippen LogP contribution in [0.4, 0.5) is 4.39 Å². The number of fused-ring (bicyclic) bond motifs is 1. The maximum Gasteiger partial charge on any atom is 0.276 e. The fraction of sp³-hybridized carbons (Fsp3) is 0.143. The lowest BCUT2D eigenvalue weighted by Crippen LogP contribution is -2.21. The summed E-state index contributed by atoms with van der Waals surface area (Å²) < 4.78 is 16.4. The Morgan fingerprint density at radius 1 is 1.18 bits per heavy atom. The van der Waals surface area contributed by atoms with Crippen molar-refractivity contribution in [3.8, 4) is 5.69 Å². The fourth-order valence-corrected chi connectivity index (χ4v) is 5.00. The summed E-state index contributed by atoms with van der Waals surface area (Å²) in [5.41, 5.74) is 3.92. The van der Waals surface area contributed by atoms with Crippen LogP contribution >= 0.6 is 34.7 Å². The van der Waals surface area contributed by atoms with Gasteiger partial charge in [0.2, 0.25) is 0 Å². The van der Waals surface area contributed by atoms with Gasteiger partial charge < -0.3 is 0 Å². The van der Waals surface area contributed by atoms with Crippen molar-refractivity contribution in [2.24, 2.45) is 0 Å². The molecular formula is C21H16ClFN2OS2. The Hall–Kier alpha value is -2.15. The van der Waals surface area contributed by atoms with Gasteiger partial charge in [-0.25, -0.2) is 9.37 Å². The highest BCUT2D eigenvalue weighted by atomic mass is 35.5. The van der Waals surface area contributed by atoms with Gasteiger partial charge in [-0.2, -0.15) is 0 Å². The Morgan fingerprint density at radius 2 is 2.00 bits per heavy atom. The highest BCUT2D eigenvalue weighted by Gasteiger charge is 2.16. The molecule has 28 heavy (non-hydrogen) atoms. The minimum absolute atomic E-state index is 0.120. The maximum atomic E-state index is 14.2. The monoisotopic (exact) mass is 430 g/mol. The minimum Gasteiger partial charge on any atom is -0.267 e. The number of hydrogen-bond acceptors (Lipinski definition) is 4. The van der Waals surface area contributed by atoms with E-state index in [0.29, 0.717) is 26.0 Å². The van der Waals surface area contributed by atoms with E-state index in [1.165, 1.54) is 29.2 Å². The van der Waals surface area contributed by atoms with Crippen molar-refractivity contribution in [3.63, 3.8) is 0 Å². The first kappa shape index (κ1) is 19.2. The van der Waals surface area contributed by atoms with E-state index >= 15 is 0 Å². The van der Waals surface area contributed by atoms with Crippen molar-refractivity contribution in [1.29, 1.82) is 0 Å². The molecule has 142 valence electrons. The molecule has 4 rings (SSSR count). The molecular weight excluding hydrogens is 415 g/mol. The van der Waals surface area contributed by atoms with E-state index < -0.39 is 0 Å². The number of aryl methyl sites for hydroxylation is 2. The molecule has 0 bridgehead atoms. The van der Waals surface area contributed by atoms with Crippen LogP contribution in [0.15, 0.2) is 57.8 Å². The van der Waals surface area contributed by atoms with Gasteiger partial charge in [-0.1, -0.05) is 35.5 Å². The van der Waals surface area contributed by atoms with Crippen LogP contribution in [0, 0.1) is 19.7 Å². The largest absolute Gasteiger partial charge is 0.276 e. The Labute approximate surface area is 174 Å². The van der Waals surface area contributed by atoms with Crippen LogP contribution < -0.4 is 5.56 Å². The van der Waals surface area contributed by atoms with Gasteiger partial charge in [-0.3, -0.25) is 9.36 Å². The molecule has 0 spiro atoms. The summed E-state index contributed by atoms with van der Waals surface area (Å²) in [4.78, 5) is 17.8. The Bertz CT molecular complexity index is 1230. The first-order chi connectivity index (χ1) is 13.5. The summed E-state index contributed by atoms with van der Waals surface area (Å²) in [6.07, 6.45) is 0. The standard InChI is InChI=1S/C21H16ClFN2OS2/c1-12-6-7-14(10-13(12)2)25-20(26)19-18(8-9-27-19)24-21(25)28-11-15-16(22)4-3-5-17(15)23/h3-10H,11H2,1-2H3. The third-order valence-corrected chi connectivity index (χ3v) is 6.82. The lowest BCUT2D eigenvalue weighted by molar-refractivity contribution is 0.617. The van der Waals surface area contributed by atoms with E-state index in [2.05, 4.69) is 4.98 Å². The first-order valence-electron chi connectivity index (χ1n) is 8.59. The van der Waals surface area contributed by atoms with Gasteiger partial charge in [0.25, 0.3) is 5.56 Å². The zero-order valence-corrected chi connectivity index (χ0v) is 17.6. The molecule has 0 unspecified atom stereocenters. The van der Waals surface area contributed by atoms with E-state index in [0.717, 1.165) is 16.8 Å². The summed E-state index contributed by atoms with van der Waals surface area (Å²) in [5.74, 6) is -0.0880. The predicted molar refractivity (Wildman–Crippen MR) is 116 cm³/mol. The molecule has 4 aromatic rings. The molecule has 0 fully saturated rings. The summed E-state index contributed by atoms with van der Waals surface area (Å²) in [5, 5.41) is 2.73. The molecule has 3 nitrogen and oxygen atoms in total. The van der Waals surface area contributed by atoms with Gasteiger partial charge in [0.15, 0.2) is 5.16 Å². The SMILES string of the molecule is Cc1ccc(-n2c(SCc3c(F)cccc3Cl)nc3ccsc3c2=O)cc1C. The van der Waals surface area contributed by atoms with E-state index in [9.17, 15) is 9.18 Å². The zero-order valence-electron chi connectivity index (χ0n) is 15.2. The number of thiophene rings is 1. The third kappa shape index (κ3) is 3.48. The number of hydrogen-bond donors (Lipinski definition) is 0. The Balaban J connectivity index is 1.85. The molecule has 2 heterocycles. The summed E-state index contributed by atoms with van der Waals surface area (Å²) in [6, 6.07) is 12.3. The summed E-state index contributed by atoms with van der Waals surface area (Å²) in [6.45, 7) is 4.03. The second-order valence-electron chi connectivity index (χ2n) is 6.43. The van der Waals surface area contributed by atoms with Crippen molar-refractivity contribution < 1.29 is 4.39 Å². The predicted octanol–water partition coefficient (Wildman–Crippen LogP) is 6.15. The van der Waals surface area contributed by atoms with E-state index in [1.54, 1.807) is 16.7 Å². The quantitative estimate of drug-likeness (QED) is 0.287. The number of rotatable bonds is 4. The molecule has 0 amide bonds. The van der Waals surface area contributed by atoms with Gasteiger partial charge in [-0.15, -0.1) is 11.3 Å². The van der Waals surface area contributed by atoms with Gasteiger partial charge in [0.1, 0.15) is 10.5 Å². The molecule has 0 saturated carbocycles.